The number of benzene rings is 1. The van der Waals surface area contributed by atoms with E-state index >= 15 is 0 Å². The van der Waals surface area contributed by atoms with Crippen LogP contribution >= 0.6 is 11.6 Å². The van der Waals surface area contributed by atoms with E-state index < -0.39 is 0 Å². The van der Waals surface area contributed by atoms with Gasteiger partial charge in [-0.05, 0) is 31.9 Å². The lowest BCUT2D eigenvalue weighted by Crippen LogP contribution is -1.96. The molecule has 0 aliphatic heterocycles. The van der Waals surface area contributed by atoms with Crippen molar-refractivity contribution >= 4 is 28.3 Å². The molecule has 0 N–H and O–H groups in total. The number of hydrogen-bond acceptors (Lipinski definition) is 1. The third kappa shape index (κ3) is 2.09. The van der Waals surface area contributed by atoms with Gasteiger partial charge in [0.05, 0.1) is 10.5 Å². The van der Waals surface area contributed by atoms with Gasteiger partial charge in [-0.1, -0.05) is 23.7 Å². The Morgan fingerprint density at radius 3 is 2.76 bits per heavy atom. The molecular weight excluding hydrogens is 234 g/mol. The van der Waals surface area contributed by atoms with Crippen LogP contribution in [0.3, 0.4) is 0 Å². The molecule has 0 fully saturated rings. The molecule has 2 aromatic rings. The van der Waals surface area contributed by atoms with Gasteiger partial charge in [0.2, 0.25) is 0 Å². The van der Waals surface area contributed by atoms with Crippen LogP contribution in [0.25, 0.3) is 10.9 Å². The number of rotatable bonds is 3. The summed E-state index contributed by atoms with van der Waals surface area (Å²) < 4.78 is 2.10. The summed E-state index contributed by atoms with van der Waals surface area (Å²) in [7, 11) is 2.01. The molecular formula is C14H16ClNO. The van der Waals surface area contributed by atoms with E-state index in [0.29, 0.717) is 6.42 Å². The van der Waals surface area contributed by atoms with E-state index in [1.165, 1.54) is 16.6 Å². The first kappa shape index (κ1) is 12.2. The Bertz CT molecular complexity index is 583. The number of nitrogens with zero attached hydrogens (tertiary/aromatic N) is 1. The molecule has 1 aromatic heterocycles. The zero-order valence-electron chi connectivity index (χ0n) is 10.4. The van der Waals surface area contributed by atoms with E-state index in [0.717, 1.165) is 17.0 Å². The lowest BCUT2D eigenvalue weighted by Gasteiger charge is -2.00. The lowest BCUT2D eigenvalue weighted by molar-refractivity contribution is -0.116. The predicted molar refractivity (Wildman–Crippen MR) is 71.7 cm³/mol. The highest BCUT2D eigenvalue weighted by molar-refractivity contribution is 6.35. The highest BCUT2D eigenvalue weighted by atomic mass is 35.5. The summed E-state index contributed by atoms with van der Waals surface area (Å²) in [6, 6.07) is 5.93. The molecule has 2 rings (SSSR count). The molecule has 1 aromatic carbocycles. The fourth-order valence-electron chi connectivity index (χ4n) is 2.28. The summed E-state index contributed by atoms with van der Waals surface area (Å²) in [6.45, 7) is 3.71. The summed E-state index contributed by atoms with van der Waals surface area (Å²) >= 11 is 6.22. The van der Waals surface area contributed by atoms with Crippen molar-refractivity contribution in [3.05, 3.63) is 34.5 Å². The summed E-state index contributed by atoms with van der Waals surface area (Å²) in [4.78, 5) is 11.1. The zero-order chi connectivity index (χ0) is 12.6. The number of Topliss-reactive ketones (excluding diaryl/α,β-unsaturated/α-hetero) is 1. The van der Waals surface area contributed by atoms with Crippen molar-refractivity contribution in [1.82, 2.24) is 4.57 Å². The summed E-state index contributed by atoms with van der Waals surface area (Å²) in [5, 5.41) is 1.93. The number of para-hydroxylation sites is 1. The van der Waals surface area contributed by atoms with E-state index in [4.69, 9.17) is 11.6 Å². The zero-order valence-corrected chi connectivity index (χ0v) is 11.1. The van der Waals surface area contributed by atoms with Crippen LogP contribution in [0.15, 0.2) is 18.2 Å². The van der Waals surface area contributed by atoms with E-state index in [9.17, 15) is 4.79 Å². The van der Waals surface area contributed by atoms with Crippen LogP contribution in [0.4, 0.5) is 0 Å². The molecule has 0 atom stereocenters. The fraction of sp³-hybridized carbons (Fsp3) is 0.357. The molecule has 0 saturated carbocycles. The average molecular weight is 250 g/mol. The SMILES string of the molecule is CC(=O)CCc1c(C)n(C)c2c(Cl)cccc12. The minimum Gasteiger partial charge on any atom is -0.346 e. The second kappa shape index (κ2) is 4.53. The monoisotopic (exact) mass is 249 g/mol. The summed E-state index contributed by atoms with van der Waals surface area (Å²) in [5.41, 5.74) is 3.49. The van der Waals surface area contributed by atoms with Crippen LogP contribution in [0.1, 0.15) is 24.6 Å². The molecule has 2 nitrogen and oxygen atoms in total. The van der Waals surface area contributed by atoms with Gasteiger partial charge >= 0.3 is 0 Å². The molecule has 0 saturated heterocycles. The molecule has 90 valence electrons. The number of halogens is 1. The molecule has 0 radical (unpaired) electrons. The van der Waals surface area contributed by atoms with Crippen molar-refractivity contribution in [2.75, 3.05) is 0 Å². The van der Waals surface area contributed by atoms with Gasteiger partial charge in [-0.15, -0.1) is 0 Å². The van der Waals surface area contributed by atoms with Crippen LogP contribution in [0, 0.1) is 6.92 Å². The van der Waals surface area contributed by atoms with Gasteiger partial charge in [0.1, 0.15) is 5.78 Å². The molecule has 0 aliphatic carbocycles. The van der Waals surface area contributed by atoms with Gasteiger partial charge < -0.3 is 9.36 Å². The van der Waals surface area contributed by atoms with Crippen LogP contribution < -0.4 is 0 Å². The first-order chi connectivity index (χ1) is 8.02. The smallest absolute Gasteiger partial charge is 0.130 e. The van der Waals surface area contributed by atoms with Crippen molar-refractivity contribution in [2.45, 2.75) is 26.7 Å². The largest absolute Gasteiger partial charge is 0.346 e. The van der Waals surface area contributed by atoms with Crippen molar-refractivity contribution in [1.29, 1.82) is 0 Å². The number of carbonyl (C=O) groups is 1. The number of aryl methyl sites for hydroxylation is 2. The van der Waals surface area contributed by atoms with E-state index in [2.05, 4.69) is 17.6 Å². The molecule has 0 amide bonds. The van der Waals surface area contributed by atoms with Crippen molar-refractivity contribution in [2.24, 2.45) is 7.05 Å². The Morgan fingerprint density at radius 1 is 1.41 bits per heavy atom. The molecule has 0 bridgehead atoms. The van der Waals surface area contributed by atoms with E-state index in [1.54, 1.807) is 6.92 Å². The Hall–Kier alpha value is -1.28. The van der Waals surface area contributed by atoms with E-state index in [1.807, 2.05) is 19.2 Å². The first-order valence-corrected chi connectivity index (χ1v) is 6.12. The van der Waals surface area contributed by atoms with Gasteiger partial charge in [0, 0.05) is 24.5 Å². The highest BCUT2D eigenvalue weighted by Gasteiger charge is 2.13. The lowest BCUT2D eigenvalue weighted by atomic mass is 10.0. The highest BCUT2D eigenvalue weighted by Crippen LogP contribution is 2.31. The maximum absolute atomic E-state index is 11.1. The van der Waals surface area contributed by atoms with Crippen molar-refractivity contribution < 1.29 is 4.79 Å². The first-order valence-electron chi connectivity index (χ1n) is 5.74. The molecule has 0 aliphatic rings. The van der Waals surface area contributed by atoms with Crippen molar-refractivity contribution in [3.8, 4) is 0 Å². The minimum atomic E-state index is 0.225. The van der Waals surface area contributed by atoms with Gasteiger partial charge in [0.25, 0.3) is 0 Å². The average Bonchev–Trinajstić information content (AvgIpc) is 2.51. The van der Waals surface area contributed by atoms with Gasteiger partial charge in [-0.2, -0.15) is 0 Å². The summed E-state index contributed by atoms with van der Waals surface area (Å²) in [6.07, 6.45) is 1.38. The van der Waals surface area contributed by atoms with Gasteiger partial charge in [-0.3, -0.25) is 0 Å². The van der Waals surface area contributed by atoms with Crippen molar-refractivity contribution in [3.63, 3.8) is 0 Å². The molecule has 0 unspecified atom stereocenters. The third-order valence-electron chi connectivity index (χ3n) is 3.31. The Morgan fingerprint density at radius 2 is 2.12 bits per heavy atom. The van der Waals surface area contributed by atoms with Crippen LogP contribution in [-0.4, -0.2) is 10.4 Å². The standard InChI is InChI=1S/C14H16ClNO/c1-9(17)7-8-11-10(2)16(3)14-12(11)5-4-6-13(14)15/h4-6H,7-8H2,1-3H3. The maximum atomic E-state index is 11.1. The third-order valence-corrected chi connectivity index (χ3v) is 3.62. The number of carbonyl (C=O) groups excluding carboxylic acids is 1. The minimum absolute atomic E-state index is 0.225. The Balaban J connectivity index is 2.59. The second-order valence-corrected chi connectivity index (χ2v) is 4.87. The number of aromatic nitrogens is 1. The molecule has 3 heteroatoms. The van der Waals surface area contributed by atoms with Gasteiger partial charge in [0.15, 0.2) is 0 Å². The van der Waals surface area contributed by atoms with Crippen LogP contribution in [0.2, 0.25) is 5.02 Å². The predicted octanol–water partition coefficient (Wildman–Crippen LogP) is 3.66. The topological polar surface area (TPSA) is 22.0 Å². The molecule has 1 heterocycles. The number of fused-ring (bicyclic) bond motifs is 1. The number of ketones is 1. The normalized spacial score (nSPS) is 11.1. The van der Waals surface area contributed by atoms with E-state index in [-0.39, 0.29) is 5.78 Å². The molecule has 17 heavy (non-hydrogen) atoms. The Labute approximate surface area is 106 Å². The number of hydrogen-bond donors (Lipinski definition) is 0. The second-order valence-electron chi connectivity index (χ2n) is 4.46. The van der Waals surface area contributed by atoms with Crippen LogP contribution in [-0.2, 0) is 18.3 Å². The van der Waals surface area contributed by atoms with Gasteiger partial charge in [-0.25, -0.2) is 0 Å². The molecule has 0 spiro atoms. The fourth-order valence-corrected chi connectivity index (χ4v) is 2.58. The maximum Gasteiger partial charge on any atom is 0.130 e. The van der Waals surface area contributed by atoms with Crippen LogP contribution in [0.5, 0.6) is 0 Å². The quantitative estimate of drug-likeness (QED) is 0.814. The summed E-state index contributed by atoms with van der Waals surface area (Å²) in [5.74, 6) is 0.225. The Kier molecular flexibility index (Phi) is 3.25.